The molecule has 296 valence electrons. The molecule has 1 unspecified atom stereocenters. The van der Waals surface area contributed by atoms with E-state index in [0.717, 1.165) is 83.4 Å². The zero-order valence-electron chi connectivity index (χ0n) is 34.7. The summed E-state index contributed by atoms with van der Waals surface area (Å²) in [5.41, 5.74) is 19.1. The molecular weight excluding hydrogens is 765 g/mol. The summed E-state index contributed by atoms with van der Waals surface area (Å²) < 4.78 is 6.66. The van der Waals surface area contributed by atoms with Crippen molar-refractivity contribution in [1.29, 1.82) is 0 Å². The van der Waals surface area contributed by atoms with Gasteiger partial charge in [0.1, 0.15) is 11.2 Å². The molecule has 0 aliphatic heterocycles. The molecule has 3 heteroatoms. The van der Waals surface area contributed by atoms with E-state index in [2.05, 4.69) is 213 Å². The summed E-state index contributed by atoms with van der Waals surface area (Å²) in [4.78, 5) is 10.7. The first-order valence-corrected chi connectivity index (χ1v) is 21.6. The number of nitrogens with zero attached hydrogens (tertiary/aromatic N) is 2. The van der Waals surface area contributed by atoms with Crippen molar-refractivity contribution >= 4 is 21.9 Å². The lowest BCUT2D eigenvalue weighted by atomic mass is 9.74. The second-order valence-corrected chi connectivity index (χ2v) is 16.6. The summed E-state index contributed by atoms with van der Waals surface area (Å²) in [6, 6.07) is 80.0. The van der Waals surface area contributed by atoms with E-state index in [1.807, 2.05) is 18.2 Å². The monoisotopic (exact) mass is 804 g/mol. The fraction of sp³-hybridized carbons (Fsp3) is 0.0333. The van der Waals surface area contributed by atoms with Gasteiger partial charge in [0.15, 0.2) is 5.82 Å². The Balaban J connectivity index is 1.09. The second-order valence-electron chi connectivity index (χ2n) is 16.6. The number of hydrogen-bond donors (Lipinski definition) is 0. The number of fused-ring (bicyclic) bond motifs is 6. The van der Waals surface area contributed by atoms with Crippen molar-refractivity contribution in [2.75, 3.05) is 0 Å². The average Bonchev–Trinajstić information content (AvgIpc) is 3.87. The average molecular weight is 805 g/mol. The third-order valence-electron chi connectivity index (χ3n) is 13.0. The molecule has 0 amide bonds. The molecule has 1 aliphatic rings. The first-order chi connectivity index (χ1) is 31.1. The Morgan fingerprint density at radius 2 is 0.889 bits per heavy atom. The van der Waals surface area contributed by atoms with Crippen LogP contribution >= 0.6 is 0 Å². The molecule has 0 radical (unpaired) electrons. The van der Waals surface area contributed by atoms with Crippen LogP contribution in [0, 0.1) is 0 Å². The Hall–Kier alpha value is -8.14. The van der Waals surface area contributed by atoms with Gasteiger partial charge < -0.3 is 4.42 Å². The van der Waals surface area contributed by atoms with Crippen molar-refractivity contribution in [3.8, 4) is 78.4 Å². The van der Waals surface area contributed by atoms with Crippen LogP contribution < -0.4 is 0 Å². The van der Waals surface area contributed by atoms with E-state index in [1.54, 1.807) is 0 Å². The molecule has 0 fully saturated rings. The largest absolute Gasteiger partial charge is 0.455 e. The molecule has 11 aromatic rings. The van der Waals surface area contributed by atoms with Gasteiger partial charge in [-0.25, -0.2) is 9.97 Å². The Kier molecular flexibility index (Phi) is 8.62. The summed E-state index contributed by atoms with van der Waals surface area (Å²) in [5, 5.41) is 2.20. The molecule has 12 rings (SSSR count). The third-order valence-corrected chi connectivity index (χ3v) is 13.0. The van der Waals surface area contributed by atoms with Crippen molar-refractivity contribution in [2.24, 2.45) is 0 Å². The molecular formula is C60H40N2O. The van der Waals surface area contributed by atoms with Crippen molar-refractivity contribution in [1.82, 2.24) is 9.97 Å². The molecule has 1 atom stereocenters. The number of benzene rings is 9. The normalized spacial score (nSPS) is 14.2. The van der Waals surface area contributed by atoms with Crippen LogP contribution in [0.2, 0.25) is 0 Å². The Morgan fingerprint density at radius 3 is 1.65 bits per heavy atom. The highest BCUT2D eigenvalue weighted by molar-refractivity contribution is 6.10. The zero-order valence-corrected chi connectivity index (χ0v) is 34.7. The van der Waals surface area contributed by atoms with Gasteiger partial charge in [-0.2, -0.15) is 0 Å². The van der Waals surface area contributed by atoms with Crippen LogP contribution in [0.5, 0.6) is 0 Å². The molecule has 0 saturated carbocycles. The number of hydrogen-bond acceptors (Lipinski definition) is 3. The SMILES string of the molecule is CC1(c2ccccc2)c2ccccc2-c2ccc(-c3cc(-c4cc(-c5ccccc5-c5ccccc5)cc(-c5cccc6c5oc5ccccc56)c4)nc(-c4ccccc4)n3)cc21. The minimum atomic E-state index is -0.339. The van der Waals surface area contributed by atoms with Gasteiger partial charge in [-0.1, -0.05) is 188 Å². The van der Waals surface area contributed by atoms with Gasteiger partial charge in [-0.15, -0.1) is 0 Å². The summed E-state index contributed by atoms with van der Waals surface area (Å²) in [7, 11) is 0. The van der Waals surface area contributed by atoms with Crippen molar-refractivity contribution in [2.45, 2.75) is 12.3 Å². The highest BCUT2D eigenvalue weighted by atomic mass is 16.3. The molecule has 63 heavy (non-hydrogen) atoms. The van der Waals surface area contributed by atoms with E-state index in [-0.39, 0.29) is 5.41 Å². The summed E-state index contributed by atoms with van der Waals surface area (Å²) in [6.07, 6.45) is 0. The minimum absolute atomic E-state index is 0.339. The van der Waals surface area contributed by atoms with Crippen LogP contribution in [0.15, 0.2) is 229 Å². The highest BCUT2D eigenvalue weighted by Crippen LogP contribution is 2.53. The van der Waals surface area contributed by atoms with Crippen LogP contribution in [0.3, 0.4) is 0 Å². The lowest BCUT2D eigenvalue weighted by molar-refractivity contribution is 0.670. The number of furan rings is 1. The van der Waals surface area contributed by atoms with Gasteiger partial charge in [-0.3, -0.25) is 0 Å². The lowest BCUT2D eigenvalue weighted by Gasteiger charge is -2.28. The molecule has 1 aliphatic carbocycles. The molecule has 3 nitrogen and oxygen atoms in total. The van der Waals surface area contributed by atoms with Crippen LogP contribution in [0.4, 0.5) is 0 Å². The van der Waals surface area contributed by atoms with E-state index in [9.17, 15) is 0 Å². The molecule has 0 bridgehead atoms. The van der Waals surface area contributed by atoms with Crippen LogP contribution in [0.25, 0.3) is 100 Å². The topological polar surface area (TPSA) is 38.9 Å². The molecule has 0 spiro atoms. The van der Waals surface area contributed by atoms with Gasteiger partial charge >= 0.3 is 0 Å². The van der Waals surface area contributed by atoms with E-state index >= 15 is 0 Å². The molecule has 0 N–H and O–H groups in total. The molecule has 9 aromatic carbocycles. The predicted octanol–water partition coefficient (Wildman–Crippen LogP) is 15.7. The van der Waals surface area contributed by atoms with E-state index in [1.165, 1.54) is 27.8 Å². The van der Waals surface area contributed by atoms with E-state index in [0.29, 0.717) is 5.82 Å². The quantitative estimate of drug-likeness (QED) is 0.161. The standard InChI is InChI=1S/C60H40N2O/c1-60(45-22-9-4-10-23-45)53-30-15-13-26-49(53)50-33-32-41(37-54(50)60)55-38-56(62-59(61-55)40-20-7-3-8-21-40)44-35-42(47-25-12-11-24-46(47)39-18-5-2-6-19-39)34-43(36-44)48-28-17-29-52-51-27-14-16-31-57(51)63-58(48)52/h2-38H,1H3. The number of rotatable bonds is 7. The first kappa shape index (κ1) is 36.7. The van der Waals surface area contributed by atoms with Gasteiger partial charge in [0.25, 0.3) is 0 Å². The first-order valence-electron chi connectivity index (χ1n) is 21.6. The maximum Gasteiger partial charge on any atom is 0.160 e. The summed E-state index contributed by atoms with van der Waals surface area (Å²) in [6.45, 7) is 2.36. The molecule has 0 saturated heterocycles. The van der Waals surface area contributed by atoms with Crippen LogP contribution in [0.1, 0.15) is 23.6 Å². The minimum Gasteiger partial charge on any atom is -0.455 e. The number of para-hydroxylation sites is 2. The third kappa shape index (κ3) is 6.12. The van der Waals surface area contributed by atoms with Gasteiger partial charge in [0, 0.05) is 38.4 Å². The maximum atomic E-state index is 6.66. The maximum absolute atomic E-state index is 6.66. The van der Waals surface area contributed by atoms with Crippen molar-refractivity contribution in [3.05, 3.63) is 241 Å². The Morgan fingerprint density at radius 1 is 0.349 bits per heavy atom. The van der Waals surface area contributed by atoms with Crippen LogP contribution in [-0.4, -0.2) is 9.97 Å². The highest BCUT2D eigenvalue weighted by Gasteiger charge is 2.40. The van der Waals surface area contributed by atoms with Gasteiger partial charge in [0.05, 0.1) is 11.4 Å². The van der Waals surface area contributed by atoms with Crippen molar-refractivity contribution < 1.29 is 4.42 Å². The summed E-state index contributed by atoms with van der Waals surface area (Å²) >= 11 is 0. The van der Waals surface area contributed by atoms with Gasteiger partial charge in [-0.05, 0) is 99.0 Å². The Bertz CT molecular complexity index is 3520. The molecule has 2 aromatic heterocycles. The fourth-order valence-electron chi connectivity index (χ4n) is 9.86. The summed E-state index contributed by atoms with van der Waals surface area (Å²) in [5.74, 6) is 0.675. The van der Waals surface area contributed by atoms with Crippen LogP contribution in [-0.2, 0) is 5.41 Å². The number of aromatic nitrogens is 2. The Labute approximate surface area is 366 Å². The van der Waals surface area contributed by atoms with Crippen molar-refractivity contribution in [3.63, 3.8) is 0 Å². The fourth-order valence-corrected chi connectivity index (χ4v) is 9.86. The van der Waals surface area contributed by atoms with Gasteiger partial charge in [0.2, 0.25) is 0 Å². The predicted molar refractivity (Wildman–Crippen MR) is 259 cm³/mol. The second kappa shape index (κ2) is 14.8. The zero-order chi connectivity index (χ0) is 41.9. The van der Waals surface area contributed by atoms with E-state index < -0.39 is 0 Å². The molecule has 2 heterocycles. The smallest absolute Gasteiger partial charge is 0.160 e. The lowest BCUT2D eigenvalue weighted by Crippen LogP contribution is -2.22. The van der Waals surface area contributed by atoms with E-state index in [4.69, 9.17) is 14.4 Å².